The normalized spacial score (nSPS) is 10.9. The first-order valence-corrected chi connectivity index (χ1v) is 10.8. The molecule has 4 rings (SSSR count). The van der Waals surface area contributed by atoms with Crippen LogP contribution in [0.25, 0.3) is 11.6 Å². The number of anilines is 1. The number of amides is 1. The molecule has 9 heteroatoms. The van der Waals surface area contributed by atoms with Gasteiger partial charge in [-0.15, -0.1) is 10.2 Å². The van der Waals surface area contributed by atoms with Crippen LogP contribution in [0.4, 0.5) is 10.1 Å². The molecule has 0 atom stereocenters. The summed E-state index contributed by atoms with van der Waals surface area (Å²) in [5.74, 6) is 0.378. The van der Waals surface area contributed by atoms with Crippen LogP contribution >= 0.6 is 27.7 Å². The zero-order chi connectivity index (χ0) is 20.9. The number of hydrogen-bond acceptors (Lipinski definition) is 5. The molecule has 2 aromatic heterocycles. The van der Waals surface area contributed by atoms with Gasteiger partial charge in [0.05, 0.1) is 24.2 Å². The molecule has 0 unspecified atom stereocenters. The van der Waals surface area contributed by atoms with E-state index in [-0.39, 0.29) is 17.3 Å². The molecule has 4 aromatic rings. The van der Waals surface area contributed by atoms with Gasteiger partial charge in [-0.2, -0.15) is 0 Å². The Morgan fingerprint density at radius 2 is 1.97 bits per heavy atom. The molecule has 0 aliphatic carbocycles. The van der Waals surface area contributed by atoms with Gasteiger partial charge in [0.25, 0.3) is 0 Å². The monoisotopic (exact) mass is 486 g/mol. The summed E-state index contributed by atoms with van der Waals surface area (Å²) >= 11 is 4.42. The minimum absolute atomic E-state index is 0.0561. The van der Waals surface area contributed by atoms with Crippen molar-refractivity contribution in [1.82, 2.24) is 14.8 Å². The summed E-state index contributed by atoms with van der Waals surface area (Å²) in [6, 6.07) is 17.9. The second-order valence-electron chi connectivity index (χ2n) is 6.32. The van der Waals surface area contributed by atoms with Crippen LogP contribution in [0.3, 0.4) is 0 Å². The van der Waals surface area contributed by atoms with Crippen molar-refractivity contribution in [3.8, 4) is 11.6 Å². The molecule has 0 fully saturated rings. The third kappa shape index (κ3) is 4.80. The van der Waals surface area contributed by atoms with Gasteiger partial charge in [0.2, 0.25) is 11.7 Å². The smallest absolute Gasteiger partial charge is 0.234 e. The summed E-state index contributed by atoms with van der Waals surface area (Å²) < 4.78 is 21.9. The fourth-order valence-electron chi connectivity index (χ4n) is 2.80. The number of hydrogen-bond donors (Lipinski definition) is 1. The maximum atomic E-state index is 14.0. The molecule has 1 amide bonds. The molecule has 2 aromatic carbocycles. The second kappa shape index (κ2) is 9.27. The summed E-state index contributed by atoms with van der Waals surface area (Å²) in [6.45, 7) is 0.523. The lowest BCUT2D eigenvalue weighted by Gasteiger charge is -2.10. The number of benzene rings is 2. The number of rotatable bonds is 7. The number of carbonyl (C=O) groups excluding carboxylic acids is 1. The van der Waals surface area contributed by atoms with E-state index in [9.17, 15) is 9.18 Å². The highest BCUT2D eigenvalue weighted by molar-refractivity contribution is 9.10. The Morgan fingerprint density at radius 1 is 1.13 bits per heavy atom. The molecule has 0 bridgehead atoms. The number of aromatic nitrogens is 3. The molecule has 6 nitrogen and oxygen atoms in total. The highest BCUT2D eigenvalue weighted by atomic mass is 79.9. The molecule has 0 spiro atoms. The SMILES string of the molecule is O=C(CSc1nnc(-c2ccco2)n1Cc1ccccc1)Nc1ccc(Br)cc1F. The number of furan rings is 1. The van der Waals surface area contributed by atoms with Crippen LogP contribution in [0.2, 0.25) is 0 Å². The number of thioether (sulfide) groups is 1. The third-order valence-corrected chi connectivity index (χ3v) is 5.64. The van der Waals surface area contributed by atoms with Crippen molar-refractivity contribution in [2.75, 3.05) is 11.1 Å². The van der Waals surface area contributed by atoms with Gasteiger partial charge in [0.15, 0.2) is 10.9 Å². The number of carbonyl (C=O) groups is 1. The number of halogens is 2. The third-order valence-electron chi connectivity index (χ3n) is 4.18. The summed E-state index contributed by atoms with van der Waals surface area (Å²) in [4.78, 5) is 12.3. The molecule has 1 N–H and O–H groups in total. The topological polar surface area (TPSA) is 73.0 Å². The number of nitrogens with one attached hydrogen (secondary N) is 1. The van der Waals surface area contributed by atoms with E-state index in [0.29, 0.717) is 27.8 Å². The quantitative estimate of drug-likeness (QED) is 0.362. The molecule has 0 saturated heterocycles. The van der Waals surface area contributed by atoms with Crippen LogP contribution in [0.5, 0.6) is 0 Å². The van der Waals surface area contributed by atoms with Crippen molar-refractivity contribution in [3.63, 3.8) is 0 Å². The Hall–Kier alpha value is -2.91. The Morgan fingerprint density at radius 3 is 2.70 bits per heavy atom. The Balaban J connectivity index is 1.51. The molecular weight excluding hydrogens is 471 g/mol. The van der Waals surface area contributed by atoms with Crippen molar-refractivity contribution < 1.29 is 13.6 Å². The van der Waals surface area contributed by atoms with Gasteiger partial charge < -0.3 is 9.73 Å². The van der Waals surface area contributed by atoms with Crippen molar-refractivity contribution in [1.29, 1.82) is 0 Å². The minimum atomic E-state index is -0.505. The van der Waals surface area contributed by atoms with Gasteiger partial charge >= 0.3 is 0 Å². The molecule has 0 saturated carbocycles. The molecule has 0 aliphatic rings. The molecular formula is C21H16BrFN4O2S. The van der Waals surface area contributed by atoms with Crippen molar-refractivity contribution in [3.05, 3.63) is 82.8 Å². The zero-order valence-electron chi connectivity index (χ0n) is 15.6. The summed E-state index contributed by atoms with van der Waals surface area (Å²) in [5.41, 5.74) is 1.19. The van der Waals surface area contributed by atoms with Gasteiger partial charge in [-0.1, -0.05) is 58.0 Å². The Labute approximate surface area is 184 Å². The van der Waals surface area contributed by atoms with E-state index < -0.39 is 5.82 Å². The van der Waals surface area contributed by atoms with E-state index in [1.54, 1.807) is 18.4 Å². The van der Waals surface area contributed by atoms with Gasteiger partial charge in [-0.05, 0) is 35.9 Å². The minimum Gasteiger partial charge on any atom is -0.461 e. The van der Waals surface area contributed by atoms with Crippen LogP contribution in [0.15, 0.2) is 81.0 Å². The summed E-state index contributed by atoms with van der Waals surface area (Å²) in [6.07, 6.45) is 1.57. The van der Waals surface area contributed by atoms with Crippen molar-refractivity contribution >= 4 is 39.3 Å². The van der Waals surface area contributed by atoms with Crippen molar-refractivity contribution in [2.24, 2.45) is 0 Å². The van der Waals surface area contributed by atoms with Gasteiger partial charge in [-0.3, -0.25) is 9.36 Å². The highest BCUT2D eigenvalue weighted by Gasteiger charge is 2.18. The van der Waals surface area contributed by atoms with E-state index in [0.717, 1.165) is 5.56 Å². The standard InChI is InChI=1S/C21H16BrFN4O2S/c22-15-8-9-17(16(23)11-15)24-19(28)13-30-21-26-25-20(18-7-4-10-29-18)27(21)12-14-5-2-1-3-6-14/h1-11H,12-13H2,(H,24,28). The Bertz CT molecular complexity index is 1150. The fourth-order valence-corrected chi connectivity index (χ4v) is 3.87. The predicted octanol–water partition coefficient (Wildman–Crippen LogP) is 5.22. The first-order valence-electron chi connectivity index (χ1n) is 8.99. The maximum Gasteiger partial charge on any atom is 0.234 e. The first-order chi connectivity index (χ1) is 14.6. The molecule has 152 valence electrons. The van der Waals surface area contributed by atoms with E-state index in [2.05, 4.69) is 31.4 Å². The van der Waals surface area contributed by atoms with E-state index in [1.807, 2.05) is 41.0 Å². The van der Waals surface area contributed by atoms with Gasteiger partial charge in [-0.25, -0.2) is 4.39 Å². The highest BCUT2D eigenvalue weighted by Crippen LogP contribution is 2.26. The average Bonchev–Trinajstić information content (AvgIpc) is 3.39. The van der Waals surface area contributed by atoms with Crippen LogP contribution < -0.4 is 5.32 Å². The average molecular weight is 487 g/mol. The van der Waals surface area contributed by atoms with E-state index in [1.165, 1.54) is 23.9 Å². The van der Waals surface area contributed by atoms with Crippen LogP contribution in [0.1, 0.15) is 5.56 Å². The fraction of sp³-hybridized carbons (Fsp3) is 0.0952. The Kier molecular flexibility index (Phi) is 6.29. The van der Waals surface area contributed by atoms with Gasteiger partial charge in [0, 0.05) is 4.47 Å². The first kappa shape index (κ1) is 20.4. The lowest BCUT2D eigenvalue weighted by atomic mass is 10.2. The second-order valence-corrected chi connectivity index (χ2v) is 8.17. The molecule has 30 heavy (non-hydrogen) atoms. The predicted molar refractivity (Wildman–Crippen MR) is 117 cm³/mol. The summed E-state index contributed by atoms with van der Waals surface area (Å²) in [7, 11) is 0. The lowest BCUT2D eigenvalue weighted by Crippen LogP contribution is -2.15. The van der Waals surface area contributed by atoms with E-state index in [4.69, 9.17) is 4.42 Å². The number of nitrogens with zero attached hydrogens (tertiary/aromatic N) is 3. The van der Waals surface area contributed by atoms with Crippen molar-refractivity contribution in [2.45, 2.75) is 11.7 Å². The summed E-state index contributed by atoms with van der Waals surface area (Å²) in [5, 5.41) is 11.6. The lowest BCUT2D eigenvalue weighted by molar-refractivity contribution is -0.113. The van der Waals surface area contributed by atoms with E-state index >= 15 is 0 Å². The van der Waals surface area contributed by atoms with Crippen LogP contribution in [0, 0.1) is 5.82 Å². The van der Waals surface area contributed by atoms with Crippen LogP contribution in [-0.4, -0.2) is 26.4 Å². The van der Waals surface area contributed by atoms with Crippen LogP contribution in [-0.2, 0) is 11.3 Å². The van der Waals surface area contributed by atoms with Gasteiger partial charge in [0.1, 0.15) is 5.82 Å². The largest absolute Gasteiger partial charge is 0.461 e. The maximum absolute atomic E-state index is 14.0. The molecule has 2 heterocycles. The molecule has 0 aliphatic heterocycles. The zero-order valence-corrected chi connectivity index (χ0v) is 18.0. The molecule has 0 radical (unpaired) electrons.